The number of Topliss-reactive ketones (excluding diaryl/α,β-unsaturated/α-hetero) is 1. The van der Waals surface area contributed by atoms with Gasteiger partial charge in [-0.1, -0.05) is 32.6 Å². The molecule has 0 bridgehead atoms. The van der Waals surface area contributed by atoms with Crippen molar-refractivity contribution >= 4 is 11.8 Å². The zero-order valence-electron chi connectivity index (χ0n) is 10.6. The van der Waals surface area contributed by atoms with Gasteiger partial charge in [0.2, 0.25) is 0 Å². The Balaban J connectivity index is 1.55. The number of fused-ring (bicyclic) bond motifs is 1. The molecule has 3 atom stereocenters. The van der Waals surface area contributed by atoms with Gasteiger partial charge in [-0.15, -0.1) is 0 Å². The van der Waals surface area contributed by atoms with Gasteiger partial charge in [-0.25, -0.2) is 0 Å². The second-order valence-corrected chi connectivity index (χ2v) is 5.30. The minimum Gasteiger partial charge on any atom is -0.465 e. The molecule has 0 heterocycles. The smallest absolute Gasteiger partial charge is 0.309 e. The molecule has 0 amide bonds. The second-order valence-electron chi connectivity index (χ2n) is 5.30. The standard InChI is InChI=1S/C14H22O3/c1-2-3-4-5-6-9-17-14(16)13-10-7-8-11(15)12(10)13/h10,12-13H,2-9H2,1H3/t10-,12-,13+/m0/s1. The van der Waals surface area contributed by atoms with Crippen molar-refractivity contribution in [2.24, 2.45) is 17.8 Å². The van der Waals surface area contributed by atoms with Gasteiger partial charge in [-0.2, -0.15) is 0 Å². The van der Waals surface area contributed by atoms with Crippen molar-refractivity contribution in [3.8, 4) is 0 Å². The lowest BCUT2D eigenvalue weighted by atomic mass is 10.1. The molecule has 2 fully saturated rings. The molecule has 3 heteroatoms. The molecule has 0 aromatic heterocycles. The summed E-state index contributed by atoms with van der Waals surface area (Å²) in [5.41, 5.74) is 0. The molecule has 3 nitrogen and oxygen atoms in total. The molecule has 96 valence electrons. The van der Waals surface area contributed by atoms with Crippen LogP contribution >= 0.6 is 0 Å². The first-order valence-electron chi connectivity index (χ1n) is 6.95. The van der Waals surface area contributed by atoms with E-state index in [1.807, 2.05) is 0 Å². The molecular formula is C14H22O3. The van der Waals surface area contributed by atoms with Gasteiger partial charge in [0, 0.05) is 12.3 Å². The summed E-state index contributed by atoms with van der Waals surface area (Å²) in [5, 5.41) is 0. The summed E-state index contributed by atoms with van der Waals surface area (Å²) in [5.74, 6) is 0.438. The van der Waals surface area contributed by atoms with Crippen LogP contribution in [0.25, 0.3) is 0 Å². The van der Waals surface area contributed by atoms with Gasteiger partial charge >= 0.3 is 5.97 Å². The molecule has 0 N–H and O–H groups in total. The highest BCUT2D eigenvalue weighted by Gasteiger charge is 2.62. The van der Waals surface area contributed by atoms with E-state index in [0.29, 0.717) is 18.9 Å². The van der Waals surface area contributed by atoms with E-state index >= 15 is 0 Å². The van der Waals surface area contributed by atoms with Gasteiger partial charge in [-0.3, -0.25) is 9.59 Å². The van der Waals surface area contributed by atoms with Gasteiger partial charge in [0.15, 0.2) is 0 Å². The minimum atomic E-state index is -0.122. The maximum Gasteiger partial charge on any atom is 0.309 e. The van der Waals surface area contributed by atoms with Crippen molar-refractivity contribution in [3.05, 3.63) is 0 Å². The fourth-order valence-corrected chi connectivity index (χ4v) is 2.94. The largest absolute Gasteiger partial charge is 0.465 e. The van der Waals surface area contributed by atoms with E-state index in [1.165, 1.54) is 19.3 Å². The summed E-state index contributed by atoms with van der Waals surface area (Å²) in [6.45, 7) is 2.72. The molecule has 0 aromatic rings. The topological polar surface area (TPSA) is 43.4 Å². The fraction of sp³-hybridized carbons (Fsp3) is 0.857. The van der Waals surface area contributed by atoms with E-state index in [-0.39, 0.29) is 23.6 Å². The van der Waals surface area contributed by atoms with Crippen LogP contribution in [0.3, 0.4) is 0 Å². The Bertz CT molecular complexity index is 298. The molecule has 0 aromatic carbocycles. The summed E-state index contributed by atoms with van der Waals surface area (Å²) >= 11 is 0. The third-order valence-electron chi connectivity index (χ3n) is 4.03. The van der Waals surface area contributed by atoms with E-state index in [4.69, 9.17) is 4.74 Å². The zero-order chi connectivity index (χ0) is 12.3. The first kappa shape index (κ1) is 12.6. The molecule has 2 saturated carbocycles. The lowest BCUT2D eigenvalue weighted by Crippen LogP contribution is -2.13. The number of unbranched alkanes of at least 4 members (excludes halogenated alkanes) is 4. The van der Waals surface area contributed by atoms with Crippen LogP contribution in [0.5, 0.6) is 0 Å². The first-order chi connectivity index (χ1) is 8.25. The van der Waals surface area contributed by atoms with Crippen LogP contribution in [-0.4, -0.2) is 18.4 Å². The van der Waals surface area contributed by atoms with Gasteiger partial charge in [-0.05, 0) is 18.8 Å². The van der Waals surface area contributed by atoms with Gasteiger partial charge in [0.05, 0.1) is 12.5 Å². The predicted octanol–water partition coefficient (Wildman–Crippen LogP) is 2.73. The van der Waals surface area contributed by atoms with E-state index in [2.05, 4.69) is 6.92 Å². The van der Waals surface area contributed by atoms with Crippen molar-refractivity contribution in [1.82, 2.24) is 0 Å². The van der Waals surface area contributed by atoms with Gasteiger partial charge in [0.1, 0.15) is 5.78 Å². The van der Waals surface area contributed by atoms with E-state index in [0.717, 1.165) is 19.3 Å². The maximum absolute atomic E-state index is 11.7. The Hall–Kier alpha value is -0.860. The lowest BCUT2D eigenvalue weighted by molar-refractivity contribution is -0.147. The Morgan fingerprint density at radius 1 is 1.29 bits per heavy atom. The fourth-order valence-electron chi connectivity index (χ4n) is 2.94. The molecule has 2 rings (SSSR count). The molecule has 0 saturated heterocycles. The highest BCUT2D eigenvalue weighted by Crippen LogP contribution is 2.55. The number of rotatable bonds is 7. The van der Waals surface area contributed by atoms with Crippen LogP contribution in [0.1, 0.15) is 51.9 Å². The Labute approximate surface area is 103 Å². The number of ether oxygens (including phenoxy) is 1. The number of hydrogen-bond acceptors (Lipinski definition) is 3. The zero-order valence-corrected chi connectivity index (χ0v) is 10.6. The Kier molecular flexibility index (Phi) is 4.19. The highest BCUT2D eigenvalue weighted by atomic mass is 16.5. The summed E-state index contributed by atoms with van der Waals surface area (Å²) in [7, 11) is 0. The Morgan fingerprint density at radius 3 is 2.71 bits per heavy atom. The normalized spacial score (nSPS) is 30.2. The molecule has 2 aliphatic carbocycles. The number of ketones is 1. The van der Waals surface area contributed by atoms with Gasteiger partial charge < -0.3 is 4.74 Å². The molecular weight excluding hydrogens is 216 g/mol. The van der Waals surface area contributed by atoms with Crippen LogP contribution < -0.4 is 0 Å². The molecule has 0 spiro atoms. The number of carbonyl (C=O) groups is 2. The van der Waals surface area contributed by atoms with Crippen LogP contribution in [0, 0.1) is 17.8 Å². The predicted molar refractivity (Wildman–Crippen MR) is 64.4 cm³/mol. The molecule has 0 radical (unpaired) electrons. The lowest BCUT2D eigenvalue weighted by Gasteiger charge is -2.05. The van der Waals surface area contributed by atoms with Crippen LogP contribution in [0.15, 0.2) is 0 Å². The maximum atomic E-state index is 11.7. The van der Waals surface area contributed by atoms with Crippen molar-refractivity contribution in [1.29, 1.82) is 0 Å². The summed E-state index contributed by atoms with van der Waals surface area (Å²) < 4.78 is 5.24. The SMILES string of the molecule is CCCCCCCOC(=O)[C@@H]1[C@H]2CCC(=O)[C@H]21. The van der Waals surface area contributed by atoms with Crippen molar-refractivity contribution < 1.29 is 14.3 Å². The van der Waals surface area contributed by atoms with E-state index in [1.54, 1.807) is 0 Å². The average Bonchev–Trinajstić information content (AvgIpc) is 2.94. The molecule has 0 aliphatic heterocycles. The number of esters is 1. The quantitative estimate of drug-likeness (QED) is 0.506. The number of hydrogen-bond donors (Lipinski definition) is 0. The third kappa shape index (κ3) is 2.88. The summed E-state index contributed by atoms with van der Waals surface area (Å²) in [6.07, 6.45) is 7.39. The van der Waals surface area contributed by atoms with Gasteiger partial charge in [0.25, 0.3) is 0 Å². The van der Waals surface area contributed by atoms with Crippen LogP contribution in [0.2, 0.25) is 0 Å². The third-order valence-corrected chi connectivity index (χ3v) is 4.03. The second kappa shape index (κ2) is 5.65. The molecule has 17 heavy (non-hydrogen) atoms. The minimum absolute atomic E-state index is 0.0302. The first-order valence-corrected chi connectivity index (χ1v) is 6.95. The monoisotopic (exact) mass is 238 g/mol. The average molecular weight is 238 g/mol. The Morgan fingerprint density at radius 2 is 2.06 bits per heavy atom. The van der Waals surface area contributed by atoms with E-state index in [9.17, 15) is 9.59 Å². The molecule has 2 aliphatic rings. The van der Waals surface area contributed by atoms with Crippen LogP contribution in [-0.2, 0) is 14.3 Å². The van der Waals surface area contributed by atoms with Crippen LogP contribution in [0.4, 0.5) is 0 Å². The van der Waals surface area contributed by atoms with E-state index < -0.39 is 0 Å². The van der Waals surface area contributed by atoms with Crippen molar-refractivity contribution in [2.75, 3.05) is 6.61 Å². The summed E-state index contributed by atoms with van der Waals surface area (Å²) in [6, 6.07) is 0. The van der Waals surface area contributed by atoms with Crippen molar-refractivity contribution in [2.45, 2.75) is 51.9 Å². The highest BCUT2D eigenvalue weighted by molar-refractivity contribution is 5.94. The number of carbonyl (C=O) groups excluding carboxylic acids is 2. The van der Waals surface area contributed by atoms with Crippen molar-refractivity contribution in [3.63, 3.8) is 0 Å². The summed E-state index contributed by atoms with van der Waals surface area (Å²) in [4.78, 5) is 23.0. The molecule has 0 unspecified atom stereocenters.